The summed E-state index contributed by atoms with van der Waals surface area (Å²) in [5.74, 6) is 0. The fourth-order valence-corrected chi connectivity index (χ4v) is 8.71. The fourth-order valence-electron chi connectivity index (χ4n) is 8.71. The Hall–Kier alpha value is -6.06. The molecule has 0 spiro atoms. The van der Waals surface area contributed by atoms with E-state index in [1.165, 1.54) is 55.0 Å². The molecule has 252 valence electrons. The van der Waals surface area contributed by atoms with Crippen LogP contribution in [0.25, 0.3) is 60.6 Å². The molecule has 0 radical (unpaired) electrons. The Labute approximate surface area is 304 Å². The van der Waals surface area contributed by atoms with Gasteiger partial charge in [-0.25, -0.2) is 0 Å². The van der Waals surface area contributed by atoms with E-state index in [0.29, 0.717) is 0 Å². The molecule has 0 saturated heterocycles. The van der Waals surface area contributed by atoms with E-state index >= 15 is 0 Å². The van der Waals surface area contributed by atoms with Gasteiger partial charge >= 0.3 is 0 Å². The Morgan fingerprint density at radius 1 is 0.577 bits per heavy atom. The van der Waals surface area contributed by atoms with Crippen LogP contribution < -0.4 is 4.90 Å². The number of para-hydroxylation sites is 3. The molecule has 1 aliphatic carbocycles. The van der Waals surface area contributed by atoms with E-state index in [4.69, 9.17) is 4.42 Å². The fraction of sp³-hybridized carbons (Fsp3) is 0.143. The largest absolute Gasteiger partial charge is 0.454 e. The minimum Gasteiger partial charge on any atom is -0.454 e. The van der Waals surface area contributed by atoms with Crippen LogP contribution >= 0.6 is 0 Å². The molecule has 0 amide bonds. The number of fused-ring (bicyclic) bond motifs is 10. The van der Waals surface area contributed by atoms with Crippen LogP contribution in [0.1, 0.15) is 51.3 Å². The average Bonchev–Trinajstić information content (AvgIpc) is 3.78. The van der Waals surface area contributed by atoms with Crippen molar-refractivity contribution in [2.45, 2.75) is 45.4 Å². The van der Waals surface area contributed by atoms with E-state index in [1.54, 1.807) is 0 Å². The molecule has 2 aromatic heterocycles. The summed E-state index contributed by atoms with van der Waals surface area (Å²) in [6, 6.07) is 55.3. The molecule has 0 aliphatic heterocycles. The highest BCUT2D eigenvalue weighted by atomic mass is 16.3. The van der Waals surface area contributed by atoms with Crippen molar-refractivity contribution >= 4 is 60.8 Å². The first-order valence-corrected chi connectivity index (χ1v) is 18.3. The summed E-state index contributed by atoms with van der Waals surface area (Å²) < 4.78 is 9.35. The summed E-state index contributed by atoms with van der Waals surface area (Å²) in [5.41, 5.74) is 14.9. The van der Waals surface area contributed by atoms with Crippen molar-refractivity contribution in [3.8, 4) is 16.8 Å². The van der Waals surface area contributed by atoms with Crippen LogP contribution in [0.2, 0.25) is 0 Å². The molecular weight excluding hydrogens is 633 g/mol. The smallest absolute Gasteiger partial charge is 0.160 e. The molecule has 0 bridgehead atoms. The summed E-state index contributed by atoms with van der Waals surface area (Å²) in [6.45, 7) is 11.5. The molecule has 0 unspecified atom stereocenters. The lowest BCUT2D eigenvalue weighted by Gasteiger charge is -2.29. The van der Waals surface area contributed by atoms with Crippen LogP contribution in [0.15, 0.2) is 156 Å². The van der Waals surface area contributed by atoms with Gasteiger partial charge in [-0.05, 0) is 93.9 Å². The third-order valence-corrected chi connectivity index (χ3v) is 11.3. The Kier molecular flexibility index (Phi) is 6.48. The number of hydrogen-bond donors (Lipinski definition) is 0. The molecule has 52 heavy (non-hydrogen) atoms. The van der Waals surface area contributed by atoms with Gasteiger partial charge in [0, 0.05) is 44.0 Å². The number of anilines is 3. The highest BCUT2D eigenvalue weighted by Gasteiger charge is 2.39. The van der Waals surface area contributed by atoms with Gasteiger partial charge in [-0.3, -0.25) is 0 Å². The predicted molar refractivity (Wildman–Crippen MR) is 219 cm³/mol. The standard InChI is InChI=1S/C49H40N2O/c1-48(2,3)31-23-25-33(26-24-31)50(34-27-28-42-38(29-34)35-17-10-13-21-41(35)51(42)32-15-7-6-8-16-32)43-30-40-45(36-18-9-12-20-39(36)49(40,4)5)46-37-19-11-14-22-44(37)52-47(43)46/h6-30H,1-5H3. The number of nitrogens with zero attached hydrogens (tertiary/aromatic N) is 2. The second kappa shape index (κ2) is 11.0. The van der Waals surface area contributed by atoms with Crippen molar-refractivity contribution in [3.05, 3.63) is 168 Å². The number of rotatable bonds is 4. The number of furan rings is 1. The van der Waals surface area contributed by atoms with Crippen molar-refractivity contribution < 1.29 is 4.42 Å². The Morgan fingerprint density at radius 2 is 1.23 bits per heavy atom. The molecule has 3 heteroatoms. The van der Waals surface area contributed by atoms with Crippen molar-refractivity contribution in [3.63, 3.8) is 0 Å². The van der Waals surface area contributed by atoms with Crippen molar-refractivity contribution in [1.29, 1.82) is 0 Å². The molecule has 0 N–H and O–H groups in total. The highest BCUT2D eigenvalue weighted by Crippen LogP contribution is 2.56. The first-order valence-electron chi connectivity index (χ1n) is 18.3. The molecule has 10 rings (SSSR count). The minimum absolute atomic E-state index is 0.0386. The number of aromatic nitrogens is 1. The lowest BCUT2D eigenvalue weighted by molar-refractivity contribution is 0.590. The number of benzene rings is 7. The van der Waals surface area contributed by atoms with Gasteiger partial charge in [0.1, 0.15) is 5.58 Å². The van der Waals surface area contributed by atoms with Gasteiger partial charge in [-0.1, -0.05) is 126 Å². The molecule has 3 nitrogen and oxygen atoms in total. The van der Waals surface area contributed by atoms with Crippen LogP contribution in [0, 0.1) is 0 Å². The lowest BCUT2D eigenvalue weighted by atomic mass is 9.82. The number of hydrogen-bond acceptors (Lipinski definition) is 2. The molecule has 7 aromatic carbocycles. The maximum absolute atomic E-state index is 6.97. The first kappa shape index (κ1) is 30.7. The molecule has 1 aliphatic rings. The molecule has 2 heterocycles. The Morgan fingerprint density at radius 3 is 2.02 bits per heavy atom. The monoisotopic (exact) mass is 672 g/mol. The van der Waals surface area contributed by atoms with E-state index < -0.39 is 0 Å². The SMILES string of the molecule is CC(C)(C)c1ccc(N(c2ccc3c(c2)c2ccccc2n3-c2ccccc2)c2cc3c(c4c2oc2ccccc24)-c2ccccc2C3(C)C)cc1. The summed E-state index contributed by atoms with van der Waals surface area (Å²) in [6.07, 6.45) is 0. The van der Waals surface area contributed by atoms with E-state index in [2.05, 4.69) is 196 Å². The van der Waals surface area contributed by atoms with Gasteiger partial charge in [0.15, 0.2) is 5.58 Å². The van der Waals surface area contributed by atoms with Gasteiger partial charge in [0.05, 0.1) is 16.7 Å². The van der Waals surface area contributed by atoms with Crippen molar-refractivity contribution in [2.75, 3.05) is 4.90 Å². The summed E-state index contributed by atoms with van der Waals surface area (Å²) >= 11 is 0. The molecule has 0 fully saturated rings. The third kappa shape index (κ3) is 4.38. The lowest BCUT2D eigenvalue weighted by Crippen LogP contribution is -2.17. The normalized spacial score (nSPS) is 13.6. The van der Waals surface area contributed by atoms with Crippen LogP contribution in [0.5, 0.6) is 0 Å². The van der Waals surface area contributed by atoms with Crippen LogP contribution in [-0.4, -0.2) is 4.57 Å². The Bertz CT molecular complexity index is 2850. The highest BCUT2D eigenvalue weighted by molar-refractivity contribution is 6.19. The van der Waals surface area contributed by atoms with E-state index in [0.717, 1.165) is 39.3 Å². The first-order chi connectivity index (χ1) is 25.2. The molecule has 0 saturated carbocycles. The van der Waals surface area contributed by atoms with Crippen LogP contribution in [-0.2, 0) is 10.8 Å². The van der Waals surface area contributed by atoms with E-state index in [9.17, 15) is 0 Å². The minimum atomic E-state index is -0.192. The van der Waals surface area contributed by atoms with E-state index in [1.807, 2.05) is 0 Å². The average molecular weight is 673 g/mol. The predicted octanol–water partition coefficient (Wildman–Crippen LogP) is 13.8. The Balaban J connectivity index is 1.30. The maximum atomic E-state index is 6.97. The van der Waals surface area contributed by atoms with Gasteiger partial charge in [0.25, 0.3) is 0 Å². The molecule has 9 aromatic rings. The molecular formula is C49H40N2O. The second-order valence-corrected chi connectivity index (χ2v) is 15.8. The second-order valence-electron chi connectivity index (χ2n) is 15.8. The zero-order valence-electron chi connectivity index (χ0n) is 30.2. The quantitative estimate of drug-likeness (QED) is 0.186. The summed E-state index contributed by atoms with van der Waals surface area (Å²) in [5, 5.41) is 4.76. The van der Waals surface area contributed by atoms with Gasteiger partial charge < -0.3 is 13.9 Å². The summed E-state index contributed by atoms with van der Waals surface area (Å²) in [7, 11) is 0. The zero-order valence-corrected chi connectivity index (χ0v) is 30.2. The maximum Gasteiger partial charge on any atom is 0.160 e. The topological polar surface area (TPSA) is 21.3 Å². The van der Waals surface area contributed by atoms with Crippen molar-refractivity contribution in [2.24, 2.45) is 0 Å². The van der Waals surface area contributed by atoms with Crippen LogP contribution in [0.4, 0.5) is 17.1 Å². The third-order valence-electron chi connectivity index (χ3n) is 11.3. The van der Waals surface area contributed by atoms with Crippen molar-refractivity contribution in [1.82, 2.24) is 4.57 Å². The molecule has 0 atom stereocenters. The van der Waals surface area contributed by atoms with Gasteiger partial charge in [-0.15, -0.1) is 0 Å². The van der Waals surface area contributed by atoms with Crippen LogP contribution in [0.3, 0.4) is 0 Å². The van der Waals surface area contributed by atoms with Gasteiger partial charge in [0.2, 0.25) is 0 Å². The van der Waals surface area contributed by atoms with Gasteiger partial charge in [-0.2, -0.15) is 0 Å². The zero-order chi connectivity index (χ0) is 35.4. The van der Waals surface area contributed by atoms with E-state index in [-0.39, 0.29) is 10.8 Å². The summed E-state index contributed by atoms with van der Waals surface area (Å²) in [4.78, 5) is 2.42.